The average molecular weight is 214 g/mol. The Bertz CT molecular complexity index is 354. The van der Waals surface area contributed by atoms with Crippen LogP contribution in [0, 0.1) is 0 Å². The molecule has 3 nitrogen and oxygen atoms in total. The molecule has 0 aliphatic carbocycles. The Morgan fingerprint density at radius 1 is 1.57 bits per heavy atom. The first-order chi connectivity index (χ1) is 6.72. The summed E-state index contributed by atoms with van der Waals surface area (Å²) in [5.74, 6) is 1.42. The SMILES string of the molecule is COc1cc(Cl)c2c(c1)C(N)CCO2. The summed E-state index contributed by atoms with van der Waals surface area (Å²) in [5.41, 5.74) is 6.88. The van der Waals surface area contributed by atoms with E-state index < -0.39 is 0 Å². The molecule has 2 rings (SSSR count). The van der Waals surface area contributed by atoms with E-state index in [1.807, 2.05) is 6.07 Å². The molecule has 1 aliphatic heterocycles. The van der Waals surface area contributed by atoms with E-state index in [4.69, 9.17) is 26.8 Å². The number of nitrogens with two attached hydrogens (primary N) is 1. The fourth-order valence-electron chi connectivity index (χ4n) is 1.58. The van der Waals surface area contributed by atoms with E-state index in [9.17, 15) is 0 Å². The molecule has 2 N–H and O–H groups in total. The number of hydrogen-bond donors (Lipinski definition) is 1. The maximum absolute atomic E-state index is 6.03. The van der Waals surface area contributed by atoms with E-state index >= 15 is 0 Å². The van der Waals surface area contributed by atoms with Gasteiger partial charge in [-0.2, -0.15) is 0 Å². The molecule has 0 fully saturated rings. The van der Waals surface area contributed by atoms with Gasteiger partial charge in [0.05, 0.1) is 18.7 Å². The molecule has 0 spiro atoms. The Morgan fingerprint density at radius 3 is 3.07 bits per heavy atom. The van der Waals surface area contributed by atoms with E-state index in [0.717, 1.165) is 17.7 Å². The zero-order valence-electron chi connectivity index (χ0n) is 7.92. The minimum atomic E-state index is -0.00801. The van der Waals surface area contributed by atoms with Crippen LogP contribution >= 0.6 is 11.6 Å². The van der Waals surface area contributed by atoms with Crippen molar-refractivity contribution in [1.29, 1.82) is 0 Å². The molecule has 1 aliphatic rings. The fourth-order valence-corrected chi connectivity index (χ4v) is 1.85. The highest BCUT2D eigenvalue weighted by atomic mass is 35.5. The summed E-state index contributed by atoms with van der Waals surface area (Å²) in [7, 11) is 1.60. The second kappa shape index (κ2) is 3.67. The van der Waals surface area contributed by atoms with Crippen molar-refractivity contribution >= 4 is 11.6 Å². The second-order valence-electron chi connectivity index (χ2n) is 3.27. The molecule has 0 amide bonds. The summed E-state index contributed by atoms with van der Waals surface area (Å²) < 4.78 is 10.6. The molecule has 0 bridgehead atoms. The second-order valence-corrected chi connectivity index (χ2v) is 3.68. The van der Waals surface area contributed by atoms with Gasteiger partial charge >= 0.3 is 0 Å². The number of rotatable bonds is 1. The van der Waals surface area contributed by atoms with Gasteiger partial charge in [0.25, 0.3) is 0 Å². The van der Waals surface area contributed by atoms with Crippen LogP contribution in [0.3, 0.4) is 0 Å². The lowest BCUT2D eigenvalue weighted by Gasteiger charge is -2.24. The Hall–Kier alpha value is -0.930. The van der Waals surface area contributed by atoms with E-state index in [1.54, 1.807) is 13.2 Å². The van der Waals surface area contributed by atoms with Crippen molar-refractivity contribution in [2.45, 2.75) is 12.5 Å². The van der Waals surface area contributed by atoms with Crippen LogP contribution in [0.25, 0.3) is 0 Å². The number of benzene rings is 1. The molecule has 0 radical (unpaired) electrons. The molecule has 0 saturated carbocycles. The van der Waals surface area contributed by atoms with Crippen LogP contribution in [0.4, 0.5) is 0 Å². The van der Waals surface area contributed by atoms with Crippen molar-refractivity contribution in [1.82, 2.24) is 0 Å². The summed E-state index contributed by atoms with van der Waals surface area (Å²) >= 11 is 6.03. The largest absolute Gasteiger partial charge is 0.497 e. The van der Waals surface area contributed by atoms with E-state index in [1.165, 1.54) is 0 Å². The maximum atomic E-state index is 6.03. The standard InChI is InChI=1S/C10H12ClNO2/c1-13-6-4-7-9(12)2-3-14-10(7)8(11)5-6/h4-5,9H,2-3,12H2,1H3. The molecule has 4 heteroatoms. The van der Waals surface area contributed by atoms with Gasteiger partial charge < -0.3 is 15.2 Å². The van der Waals surface area contributed by atoms with Gasteiger partial charge in [-0.1, -0.05) is 11.6 Å². The van der Waals surface area contributed by atoms with E-state index in [2.05, 4.69) is 0 Å². The van der Waals surface area contributed by atoms with Crippen LogP contribution in [-0.2, 0) is 0 Å². The maximum Gasteiger partial charge on any atom is 0.142 e. The average Bonchev–Trinajstić information content (AvgIpc) is 2.19. The lowest BCUT2D eigenvalue weighted by Crippen LogP contribution is -2.20. The predicted molar refractivity (Wildman–Crippen MR) is 55.0 cm³/mol. The minimum absolute atomic E-state index is 0.00801. The van der Waals surface area contributed by atoms with Crippen molar-refractivity contribution in [3.63, 3.8) is 0 Å². The third kappa shape index (κ3) is 1.53. The number of hydrogen-bond acceptors (Lipinski definition) is 3. The van der Waals surface area contributed by atoms with Crippen molar-refractivity contribution in [2.24, 2.45) is 5.73 Å². The monoisotopic (exact) mass is 213 g/mol. The Labute approximate surface area is 87.8 Å². The van der Waals surface area contributed by atoms with Gasteiger partial charge in [-0.25, -0.2) is 0 Å². The van der Waals surface area contributed by atoms with Gasteiger partial charge in [0.1, 0.15) is 11.5 Å². The summed E-state index contributed by atoms with van der Waals surface area (Å²) in [6, 6.07) is 3.61. The minimum Gasteiger partial charge on any atom is -0.497 e. The molecule has 0 aromatic heterocycles. The highest BCUT2D eigenvalue weighted by molar-refractivity contribution is 6.32. The van der Waals surface area contributed by atoms with Gasteiger partial charge in [-0.3, -0.25) is 0 Å². The van der Waals surface area contributed by atoms with Crippen LogP contribution in [0.2, 0.25) is 5.02 Å². The molecule has 76 valence electrons. The molecule has 14 heavy (non-hydrogen) atoms. The topological polar surface area (TPSA) is 44.5 Å². The lowest BCUT2D eigenvalue weighted by atomic mass is 10.0. The summed E-state index contributed by atoms with van der Waals surface area (Å²) in [5, 5.41) is 0.564. The molecule has 1 aromatic carbocycles. The van der Waals surface area contributed by atoms with Gasteiger partial charge in [0, 0.05) is 24.1 Å². The third-order valence-electron chi connectivity index (χ3n) is 2.36. The zero-order chi connectivity index (χ0) is 10.1. The molecule has 1 heterocycles. The van der Waals surface area contributed by atoms with Gasteiger partial charge in [-0.15, -0.1) is 0 Å². The van der Waals surface area contributed by atoms with E-state index in [0.29, 0.717) is 17.4 Å². The summed E-state index contributed by atoms with van der Waals surface area (Å²) in [6.07, 6.45) is 0.816. The normalized spacial score (nSPS) is 19.8. The smallest absolute Gasteiger partial charge is 0.142 e. The van der Waals surface area contributed by atoms with Gasteiger partial charge in [0.15, 0.2) is 0 Å². The first kappa shape index (κ1) is 9.62. The first-order valence-corrected chi connectivity index (χ1v) is 4.86. The quantitative estimate of drug-likeness (QED) is 0.777. The van der Waals surface area contributed by atoms with Crippen molar-refractivity contribution in [2.75, 3.05) is 13.7 Å². The molecule has 1 unspecified atom stereocenters. The first-order valence-electron chi connectivity index (χ1n) is 4.48. The summed E-state index contributed by atoms with van der Waals surface area (Å²) in [6.45, 7) is 0.625. The van der Waals surface area contributed by atoms with Gasteiger partial charge in [-0.05, 0) is 6.07 Å². The lowest BCUT2D eigenvalue weighted by molar-refractivity contribution is 0.268. The fraction of sp³-hybridized carbons (Fsp3) is 0.400. The number of methoxy groups -OCH3 is 1. The van der Waals surface area contributed by atoms with Crippen molar-refractivity contribution < 1.29 is 9.47 Å². The van der Waals surface area contributed by atoms with Crippen molar-refractivity contribution in [3.05, 3.63) is 22.7 Å². The summed E-state index contributed by atoms with van der Waals surface area (Å²) in [4.78, 5) is 0. The van der Waals surface area contributed by atoms with Crippen LogP contribution in [-0.4, -0.2) is 13.7 Å². The Balaban J connectivity index is 2.51. The molecule has 1 aromatic rings. The molecular weight excluding hydrogens is 202 g/mol. The Morgan fingerprint density at radius 2 is 2.36 bits per heavy atom. The molecule has 0 saturated heterocycles. The number of ether oxygens (including phenoxy) is 2. The highest BCUT2D eigenvalue weighted by Gasteiger charge is 2.21. The molecule has 1 atom stereocenters. The predicted octanol–water partition coefficient (Wildman–Crippen LogP) is 2.13. The number of fused-ring (bicyclic) bond motifs is 1. The van der Waals surface area contributed by atoms with Crippen LogP contribution in [0.15, 0.2) is 12.1 Å². The third-order valence-corrected chi connectivity index (χ3v) is 2.64. The van der Waals surface area contributed by atoms with Crippen LogP contribution in [0.1, 0.15) is 18.0 Å². The van der Waals surface area contributed by atoms with E-state index in [-0.39, 0.29) is 6.04 Å². The highest BCUT2D eigenvalue weighted by Crippen LogP contribution is 2.39. The Kier molecular flexibility index (Phi) is 2.52. The van der Waals surface area contributed by atoms with Crippen LogP contribution in [0.5, 0.6) is 11.5 Å². The molecular formula is C10H12ClNO2. The number of halogens is 1. The van der Waals surface area contributed by atoms with Gasteiger partial charge in [0.2, 0.25) is 0 Å². The van der Waals surface area contributed by atoms with Crippen molar-refractivity contribution in [3.8, 4) is 11.5 Å². The van der Waals surface area contributed by atoms with Crippen LogP contribution < -0.4 is 15.2 Å². The zero-order valence-corrected chi connectivity index (χ0v) is 8.67.